The van der Waals surface area contributed by atoms with Crippen LogP contribution in [0.5, 0.6) is 0 Å². The van der Waals surface area contributed by atoms with E-state index in [1.165, 1.54) is 5.56 Å². The van der Waals surface area contributed by atoms with Crippen molar-refractivity contribution in [3.63, 3.8) is 0 Å². The van der Waals surface area contributed by atoms with Crippen molar-refractivity contribution < 1.29 is 8.78 Å². The van der Waals surface area contributed by atoms with Gasteiger partial charge in [-0.2, -0.15) is 0 Å². The van der Waals surface area contributed by atoms with E-state index in [4.69, 9.17) is 0 Å². The molecule has 1 saturated carbocycles. The Morgan fingerprint density at radius 3 is 2.65 bits per heavy atom. The van der Waals surface area contributed by atoms with Gasteiger partial charge in [0.1, 0.15) is 0 Å². The molecule has 1 aliphatic heterocycles. The Bertz CT molecular complexity index is 432. The third kappa shape index (κ3) is 3.20. The van der Waals surface area contributed by atoms with E-state index in [2.05, 4.69) is 29.6 Å². The van der Waals surface area contributed by atoms with E-state index in [1.54, 1.807) is 0 Å². The molecule has 3 rings (SSSR count). The van der Waals surface area contributed by atoms with Gasteiger partial charge >= 0.3 is 0 Å². The second-order valence-electron chi connectivity index (χ2n) is 6.40. The van der Waals surface area contributed by atoms with Crippen LogP contribution in [-0.4, -0.2) is 18.5 Å². The first kappa shape index (κ1) is 14.0. The minimum absolute atomic E-state index is 0.0756. The van der Waals surface area contributed by atoms with Crippen molar-refractivity contribution in [2.24, 2.45) is 5.92 Å². The lowest BCUT2D eigenvalue weighted by molar-refractivity contribution is -0.0598. The van der Waals surface area contributed by atoms with Gasteiger partial charge in [0.2, 0.25) is 5.92 Å². The number of alkyl halides is 2. The molecule has 1 heterocycles. The van der Waals surface area contributed by atoms with Crippen LogP contribution in [0.2, 0.25) is 0 Å². The fourth-order valence-electron chi connectivity index (χ4n) is 3.89. The summed E-state index contributed by atoms with van der Waals surface area (Å²) in [6.45, 7) is 0.951. The molecule has 0 spiro atoms. The molecule has 0 aromatic heterocycles. The van der Waals surface area contributed by atoms with Crippen molar-refractivity contribution in [2.45, 2.75) is 56.4 Å². The molecule has 1 aliphatic carbocycles. The van der Waals surface area contributed by atoms with Crippen LogP contribution in [0.25, 0.3) is 0 Å². The van der Waals surface area contributed by atoms with Crippen LogP contribution in [0, 0.1) is 5.92 Å². The van der Waals surface area contributed by atoms with Crippen LogP contribution >= 0.6 is 0 Å². The molecule has 0 bridgehead atoms. The van der Waals surface area contributed by atoms with E-state index in [0.29, 0.717) is 12.3 Å². The van der Waals surface area contributed by atoms with Crippen LogP contribution in [0.15, 0.2) is 30.3 Å². The van der Waals surface area contributed by atoms with Crippen molar-refractivity contribution in [3.8, 4) is 0 Å². The van der Waals surface area contributed by atoms with Crippen molar-refractivity contribution in [2.75, 3.05) is 6.54 Å². The topological polar surface area (TPSA) is 12.0 Å². The largest absolute Gasteiger partial charge is 0.314 e. The highest BCUT2D eigenvalue weighted by Gasteiger charge is 2.40. The predicted molar refractivity (Wildman–Crippen MR) is 77.1 cm³/mol. The highest BCUT2D eigenvalue weighted by Crippen LogP contribution is 2.41. The number of hydrogen-bond acceptors (Lipinski definition) is 1. The predicted octanol–water partition coefficient (Wildman–Crippen LogP) is 4.35. The minimum atomic E-state index is -2.44. The van der Waals surface area contributed by atoms with Crippen LogP contribution in [0.1, 0.15) is 50.0 Å². The standard InChI is InChI=1S/C17H23F2N/c18-17(19)9-4-7-15(12-17)16-11-14(8-10-20-16)13-5-2-1-3-6-13/h1-3,5-6,14-16,20H,4,7-12H2/t14-,15-,16+/m1/s1. The zero-order chi connectivity index (χ0) is 14.0. The zero-order valence-corrected chi connectivity index (χ0v) is 11.8. The van der Waals surface area contributed by atoms with E-state index in [-0.39, 0.29) is 24.8 Å². The second-order valence-corrected chi connectivity index (χ2v) is 6.40. The molecule has 1 saturated heterocycles. The number of benzene rings is 1. The maximum Gasteiger partial charge on any atom is 0.248 e. The van der Waals surface area contributed by atoms with Gasteiger partial charge in [0.25, 0.3) is 0 Å². The molecule has 0 radical (unpaired) electrons. The van der Waals surface area contributed by atoms with Gasteiger partial charge in [0.15, 0.2) is 0 Å². The van der Waals surface area contributed by atoms with Crippen molar-refractivity contribution in [1.29, 1.82) is 0 Å². The minimum Gasteiger partial charge on any atom is -0.314 e. The average molecular weight is 279 g/mol. The molecule has 2 fully saturated rings. The summed E-state index contributed by atoms with van der Waals surface area (Å²) in [4.78, 5) is 0. The fraction of sp³-hybridized carbons (Fsp3) is 0.647. The number of rotatable bonds is 2. The molecule has 1 aromatic rings. The summed E-state index contributed by atoms with van der Waals surface area (Å²) in [6.07, 6.45) is 3.90. The first-order valence-corrected chi connectivity index (χ1v) is 7.80. The highest BCUT2D eigenvalue weighted by atomic mass is 19.3. The van der Waals surface area contributed by atoms with Crippen LogP contribution in [0.4, 0.5) is 8.78 Å². The molecule has 2 aliphatic rings. The maximum absolute atomic E-state index is 13.6. The third-order valence-electron chi connectivity index (χ3n) is 4.96. The van der Waals surface area contributed by atoms with Gasteiger partial charge in [-0.1, -0.05) is 30.3 Å². The lowest BCUT2D eigenvalue weighted by Crippen LogP contribution is -2.45. The van der Waals surface area contributed by atoms with Gasteiger partial charge in [-0.25, -0.2) is 8.78 Å². The maximum atomic E-state index is 13.6. The van der Waals surface area contributed by atoms with Gasteiger partial charge in [0.05, 0.1) is 0 Å². The summed E-state index contributed by atoms with van der Waals surface area (Å²) >= 11 is 0. The monoisotopic (exact) mass is 279 g/mol. The molecule has 3 heteroatoms. The van der Waals surface area contributed by atoms with Gasteiger partial charge in [-0.05, 0) is 49.6 Å². The van der Waals surface area contributed by atoms with Crippen LogP contribution in [-0.2, 0) is 0 Å². The van der Waals surface area contributed by atoms with E-state index >= 15 is 0 Å². The Balaban J connectivity index is 1.66. The highest BCUT2D eigenvalue weighted by molar-refractivity contribution is 5.20. The lowest BCUT2D eigenvalue weighted by Gasteiger charge is -2.39. The first-order valence-electron chi connectivity index (χ1n) is 7.80. The molecular weight excluding hydrogens is 256 g/mol. The van der Waals surface area contributed by atoms with Crippen molar-refractivity contribution >= 4 is 0 Å². The molecule has 0 unspecified atom stereocenters. The molecule has 1 aromatic carbocycles. The Morgan fingerprint density at radius 2 is 1.90 bits per heavy atom. The van der Waals surface area contributed by atoms with Gasteiger partial charge < -0.3 is 5.32 Å². The Hall–Kier alpha value is -0.960. The number of halogens is 2. The summed E-state index contributed by atoms with van der Waals surface area (Å²) < 4.78 is 27.2. The molecule has 1 N–H and O–H groups in total. The Kier molecular flexibility index (Phi) is 4.06. The van der Waals surface area contributed by atoms with Gasteiger partial charge in [-0.15, -0.1) is 0 Å². The number of hydrogen-bond donors (Lipinski definition) is 1. The normalized spacial score (nSPS) is 33.8. The molecule has 20 heavy (non-hydrogen) atoms. The van der Waals surface area contributed by atoms with Crippen molar-refractivity contribution in [3.05, 3.63) is 35.9 Å². The molecule has 110 valence electrons. The smallest absolute Gasteiger partial charge is 0.248 e. The molecule has 3 atom stereocenters. The van der Waals surface area contributed by atoms with Gasteiger partial charge in [-0.3, -0.25) is 0 Å². The van der Waals surface area contributed by atoms with E-state index in [1.807, 2.05) is 6.07 Å². The van der Waals surface area contributed by atoms with E-state index < -0.39 is 5.92 Å². The summed E-state index contributed by atoms with van der Waals surface area (Å²) in [7, 11) is 0. The van der Waals surface area contributed by atoms with Crippen molar-refractivity contribution in [1.82, 2.24) is 5.32 Å². The lowest BCUT2D eigenvalue weighted by atomic mass is 9.75. The van der Waals surface area contributed by atoms with E-state index in [9.17, 15) is 8.78 Å². The molecule has 0 amide bonds. The summed E-state index contributed by atoms with van der Waals surface area (Å²) in [5, 5.41) is 3.49. The number of piperidine rings is 1. The average Bonchev–Trinajstić information content (AvgIpc) is 2.47. The SMILES string of the molecule is FC1(F)CCC[C@@H]([C@@H]2C[C@H](c3ccccc3)CCN2)C1. The third-order valence-corrected chi connectivity index (χ3v) is 4.96. The summed E-state index contributed by atoms with van der Waals surface area (Å²) in [5.74, 6) is -1.77. The summed E-state index contributed by atoms with van der Waals surface area (Å²) in [6, 6.07) is 10.8. The summed E-state index contributed by atoms with van der Waals surface area (Å²) in [5.41, 5.74) is 1.36. The first-order chi connectivity index (χ1) is 9.64. The fourth-order valence-corrected chi connectivity index (χ4v) is 3.89. The van der Waals surface area contributed by atoms with Crippen LogP contribution in [0.3, 0.4) is 0 Å². The van der Waals surface area contributed by atoms with Gasteiger partial charge in [0, 0.05) is 18.9 Å². The Morgan fingerprint density at radius 1 is 1.10 bits per heavy atom. The quantitative estimate of drug-likeness (QED) is 0.848. The second kappa shape index (κ2) is 5.80. The number of nitrogens with one attached hydrogen (secondary N) is 1. The van der Waals surface area contributed by atoms with Crippen LogP contribution < -0.4 is 5.32 Å². The zero-order valence-electron chi connectivity index (χ0n) is 11.8. The Labute approximate surface area is 119 Å². The molecule has 1 nitrogen and oxygen atoms in total. The van der Waals surface area contributed by atoms with E-state index in [0.717, 1.165) is 25.8 Å². The molecular formula is C17H23F2N.